The molecule has 0 unspecified atom stereocenters. The average Bonchev–Trinajstić information content (AvgIpc) is 2.34. The summed E-state index contributed by atoms with van der Waals surface area (Å²) in [5.41, 5.74) is -0.618. The van der Waals surface area contributed by atoms with Crippen LogP contribution in [0.3, 0.4) is 0 Å². The van der Waals surface area contributed by atoms with E-state index < -0.39 is 17.7 Å². The molecule has 0 saturated carbocycles. The van der Waals surface area contributed by atoms with Crippen molar-refractivity contribution in [2.45, 2.75) is 46.3 Å². The highest BCUT2D eigenvalue weighted by molar-refractivity contribution is 5.95. The zero-order chi connectivity index (χ0) is 16.0. The van der Waals surface area contributed by atoms with Gasteiger partial charge in [-0.05, 0) is 26.7 Å². The molecule has 0 saturated heterocycles. The van der Waals surface area contributed by atoms with E-state index in [1.807, 2.05) is 13.8 Å². The van der Waals surface area contributed by atoms with E-state index in [0.717, 1.165) is 0 Å². The van der Waals surface area contributed by atoms with Gasteiger partial charge < -0.3 is 15.4 Å². The number of aromatic nitrogens is 2. The maximum absolute atomic E-state index is 12.2. The lowest BCUT2D eigenvalue weighted by atomic mass is 10.0. The van der Waals surface area contributed by atoms with Crippen molar-refractivity contribution in [3.05, 3.63) is 18.6 Å². The number of hydrogen-bond acceptors (Lipinski definition) is 5. The van der Waals surface area contributed by atoms with E-state index in [4.69, 9.17) is 4.74 Å². The fourth-order valence-corrected chi connectivity index (χ4v) is 1.54. The van der Waals surface area contributed by atoms with E-state index in [0.29, 0.717) is 5.82 Å². The fourth-order valence-electron chi connectivity index (χ4n) is 1.54. The molecular weight excluding hydrogens is 272 g/mol. The fraction of sp³-hybridized carbons (Fsp3) is 0.571. The summed E-state index contributed by atoms with van der Waals surface area (Å²) < 4.78 is 5.16. The number of anilines is 1. The first-order valence-electron chi connectivity index (χ1n) is 6.75. The summed E-state index contributed by atoms with van der Waals surface area (Å²) in [5, 5.41) is 5.18. The summed E-state index contributed by atoms with van der Waals surface area (Å²) in [6.45, 7) is 8.94. The topological polar surface area (TPSA) is 93.2 Å². The van der Waals surface area contributed by atoms with Gasteiger partial charge in [-0.15, -0.1) is 0 Å². The highest BCUT2D eigenvalue weighted by Crippen LogP contribution is 2.10. The van der Waals surface area contributed by atoms with Crippen molar-refractivity contribution in [1.29, 1.82) is 0 Å². The van der Waals surface area contributed by atoms with Crippen molar-refractivity contribution in [1.82, 2.24) is 15.3 Å². The summed E-state index contributed by atoms with van der Waals surface area (Å²) in [4.78, 5) is 31.8. The largest absolute Gasteiger partial charge is 0.444 e. The molecule has 1 atom stereocenters. The summed E-state index contributed by atoms with van der Waals surface area (Å²) in [7, 11) is 0. The Kier molecular flexibility index (Phi) is 5.63. The minimum atomic E-state index is -0.721. The Morgan fingerprint density at radius 2 is 1.90 bits per heavy atom. The van der Waals surface area contributed by atoms with Crippen molar-refractivity contribution in [3.63, 3.8) is 0 Å². The lowest BCUT2D eigenvalue weighted by Crippen LogP contribution is -2.48. The third kappa shape index (κ3) is 6.20. The number of carbonyl (C=O) groups excluding carboxylic acids is 2. The molecule has 2 N–H and O–H groups in total. The van der Waals surface area contributed by atoms with Crippen LogP contribution in [0.15, 0.2) is 18.6 Å². The second-order valence-electron chi connectivity index (χ2n) is 5.95. The number of amides is 2. The summed E-state index contributed by atoms with van der Waals surface area (Å²) in [6, 6.07) is -0.721. The van der Waals surface area contributed by atoms with Crippen LogP contribution in [0, 0.1) is 5.92 Å². The number of hydrogen-bond donors (Lipinski definition) is 2. The zero-order valence-electron chi connectivity index (χ0n) is 13.0. The van der Waals surface area contributed by atoms with Crippen molar-refractivity contribution >= 4 is 17.8 Å². The van der Waals surface area contributed by atoms with Crippen LogP contribution in [0.5, 0.6) is 0 Å². The van der Waals surface area contributed by atoms with Crippen LogP contribution in [0.2, 0.25) is 0 Å². The molecule has 0 radical (unpaired) electrons. The highest BCUT2D eigenvalue weighted by Gasteiger charge is 2.27. The standard InChI is InChI=1S/C14H22N4O3/c1-9(2)11(18-13(20)21-14(3,4)5)12(19)17-10-8-15-6-7-16-10/h6-9,11H,1-5H3,(H,18,20)(H,16,17,19)/t11-/m0/s1. The smallest absolute Gasteiger partial charge is 0.408 e. The van der Waals surface area contributed by atoms with Crippen molar-refractivity contribution < 1.29 is 14.3 Å². The molecule has 2 amide bonds. The van der Waals surface area contributed by atoms with Gasteiger partial charge in [0.25, 0.3) is 0 Å². The average molecular weight is 294 g/mol. The number of nitrogens with zero attached hydrogens (tertiary/aromatic N) is 2. The third-order valence-corrected chi connectivity index (χ3v) is 2.44. The van der Waals surface area contributed by atoms with Crippen LogP contribution >= 0.6 is 0 Å². The van der Waals surface area contributed by atoms with Crippen molar-refractivity contribution in [3.8, 4) is 0 Å². The van der Waals surface area contributed by atoms with Gasteiger partial charge in [-0.1, -0.05) is 13.8 Å². The Morgan fingerprint density at radius 1 is 1.24 bits per heavy atom. The molecule has 0 aliphatic heterocycles. The van der Waals surface area contributed by atoms with Gasteiger partial charge in [-0.25, -0.2) is 9.78 Å². The lowest BCUT2D eigenvalue weighted by molar-refractivity contribution is -0.119. The normalized spacial score (nSPS) is 12.7. The predicted molar refractivity (Wildman–Crippen MR) is 78.7 cm³/mol. The summed E-state index contributed by atoms with van der Waals surface area (Å²) in [6.07, 6.45) is 3.79. The number of carbonyl (C=O) groups is 2. The van der Waals surface area contributed by atoms with Gasteiger partial charge in [0.05, 0.1) is 6.20 Å². The third-order valence-electron chi connectivity index (χ3n) is 2.44. The van der Waals surface area contributed by atoms with Gasteiger partial charge in [-0.3, -0.25) is 9.78 Å². The molecule has 1 aromatic heterocycles. The first kappa shape index (κ1) is 16.9. The molecule has 1 heterocycles. The van der Waals surface area contributed by atoms with Gasteiger partial charge in [-0.2, -0.15) is 0 Å². The summed E-state index contributed by atoms with van der Waals surface area (Å²) in [5.74, 6) is -0.135. The zero-order valence-corrected chi connectivity index (χ0v) is 13.0. The maximum atomic E-state index is 12.2. The lowest BCUT2D eigenvalue weighted by Gasteiger charge is -2.25. The molecule has 0 bridgehead atoms. The van der Waals surface area contributed by atoms with E-state index in [9.17, 15) is 9.59 Å². The summed E-state index contributed by atoms with van der Waals surface area (Å²) >= 11 is 0. The van der Waals surface area contributed by atoms with Crippen LogP contribution in [-0.4, -0.2) is 33.6 Å². The first-order chi connectivity index (χ1) is 9.69. The minimum absolute atomic E-state index is 0.103. The second-order valence-corrected chi connectivity index (χ2v) is 5.95. The molecule has 116 valence electrons. The Bertz CT molecular complexity index is 483. The van der Waals surface area contributed by atoms with Crippen LogP contribution in [0.25, 0.3) is 0 Å². The van der Waals surface area contributed by atoms with Crippen molar-refractivity contribution in [2.75, 3.05) is 5.32 Å². The molecule has 0 aliphatic rings. The van der Waals surface area contributed by atoms with E-state index in [1.54, 1.807) is 20.8 Å². The van der Waals surface area contributed by atoms with Gasteiger partial charge in [0.15, 0.2) is 5.82 Å². The Balaban J connectivity index is 2.69. The van der Waals surface area contributed by atoms with Crippen molar-refractivity contribution in [2.24, 2.45) is 5.92 Å². The number of rotatable bonds is 4. The molecular formula is C14H22N4O3. The minimum Gasteiger partial charge on any atom is -0.444 e. The second kappa shape index (κ2) is 7.01. The number of nitrogens with one attached hydrogen (secondary N) is 2. The Morgan fingerprint density at radius 3 is 2.38 bits per heavy atom. The van der Waals surface area contributed by atoms with Gasteiger partial charge in [0.2, 0.25) is 5.91 Å². The molecule has 21 heavy (non-hydrogen) atoms. The molecule has 7 heteroatoms. The maximum Gasteiger partial charge on any atom is 0.408 e. The highest BCUT2D eigenvalue weighted by atomic mass is 16.6. The molecule has 0 aromatic carbocycles. The molecule has 0 spiro atoms. The first-order valence-corrected chi connectivity index (χ1v) is 6.75. The Hall–Kier alpha value is -2.18. The molecule has 1 rings (SSSR count). The monoisotopic (exact) mass is 294 g/mol. The molecule has 7 nitrogen and oxygen atoms in total. The number of ether oxygens (including phenoxy) is 1. The molecule has 1 aromatic rings. The van der Waals surface area contributed by atoms with E-state index in [1.165, 1.54) is 18.6 Å². The van der Waals surface area contributed by atoms with Crippen LogP contribution in [-0.2, 0) is 9.53 Å². The molecule has 0 fully saturated rings. The predicted octanol–water partition coefficient (Wildman–Crippen LogP) is 1.96. The van der Waals surface area contributed by atoms with Crippen LogP contribution in [0.4, 0.5) is 10.6 Å². The van der Waals surface area contributed by atoms with Gasteiger partial charge in [0, 0.05) is 12.4 Å². The quantitative estimate of drug-likeness (QED) is 0.885. The van der Waals surface area contributed by atoms with Gasteiger partial charge in [0.1, 0.15) is 11.6 Å². The number of alkyl carbamates (subject to hydrolysis) is 1. The molecule has 0 aliphatic carbocycles. The van der Waals surface area contributed by atoms with E-state index in [-0.39, 0.29) is 11.8 Å². The van der Waals surface area contributed by atoms with Crippen LogP contribution in [0.1, 0.15) is 34.6 Å². The van der Waals surface area contributed by atoms with E-state index >= 15 is 0 Å². The van der Waals surface area contributed by atoms with Gasteiger partial charge >= 0.3 is 6.09 Å². The SMILES string of the molecule is CC(C)[C@H](NC(=O)OC(C)(C)C)C(=O)Nc1cnccn1. The van der Waals surface area contributed by atoms with E-state index in [2.05, 4.69) is 20.6 Å². The van der Waals surface area contributed by atoms with Crippen LogP contribution < -0.4 is 10.6 Å². The Labute approximate surface area is 124 Å².